The average molecular weight is 484 g/mol. The van der Waals surface area contributed by atoms with Crippen molar-refractivity contribution in [1.82, 2.24) is 20.1 Å². The molecule has 0 fully saturated rings. The summed E-state index contributed by atoms with van der Waals surface area (Å²) in [6.07, 6.45) is 0.0909. The summed E-state index contributed by atoms with van der Waals surface area (Å²) in [6, 6.07) is 12.9. The van der Waals surface area contributed by atoms with Gasteiger partial charge in [-0.3, -0.25) is 4.98 Å². The van der Waals surface area contributed by atoms with Crippen LogP contribution < -0.4 is 9.42 Å². The number of benzene rings is 2. The van der Waals surface area contributed by atoms with E-state index in [1.165, 1.54) is 42.6 Å². The van der Waals surface area contributed by atoms with Crippen LogP contribution in [0.2, 0.25) is 0 Å². The maximum atomic E-state index is 14.1. The third kappa shape index (κ3) is 4.93. The Morgan fingerprint density at radius 1 is 0.943 bits per heavy atom. The number of alkyl halides is 3. The summed E-state index contributed by atoms with van der Waals surface area (Å²) in [7, 11) is 0. The molecule has 5 rings (SSSR count). The molecule has 3 heterocycles. The first-order chi connectivity index (χ1) is 16.7. The minimum atomic E-state index is -4.75. The Hall–Kier alpha value is -4.41. The van der Waals surface area contributed by atoms with Gasteiger partial charge in [0.2, 0.25) is 12.7 Å². The van der Waals surface area contributed by atoms with E-state index in [0.29, 0.717) is 28.8 Å². The summed E-state index contributed by atoms with van der Waals surface area (Å²) in [5.41, 5.74) is 3.13. The Kier molecular flexibility index (Phi) is 5.59. The molecular weight excluding hydrogens is 469 g/mol. The zero-order valence-corrected chi connectivity index (χ0v) is 17.7. The number of halogens is 5. The fourth-order valence-corrected chi connectivity index (χ4v) is 3.51. The second kappa shape index (κ2) is 8.75. The van der Waals surface area contributed by atoms with Gasteiger partial charge in [0.1, 0.15) is 28.8 Å². The zero-order chi connectivity index (χ0) is 24.6. The molecule has 6 nitrogen and oxygen atoms in total. The Balaban J connectivity index is 1.32. The van der Waals surface area contributed by atoms with Crippen LogP contribution in [0.3, 0.4) is 0 Å². The molecule has 2 aromatic carbocycles. The third-order valence-corrected chi connectivity index (χ3v) is 5.13. The number of nitrogens with one attached hydrogen (secondary N) is 1. The number of aromatic nitrogens is 5. The van der Waals surface area contributed by atoms with Crippen molar-refractivity contribution < 1.29 is 31.4 Å². The van der Waals surface area contributed by atoms with Gasteiger partial charge >= 0.3 is 6.36 Å². The molecule has 0 radical (unpaired) electrons. The van der Waals surface area contributed by atoms with Gasteiger partial charge in [0.05, 0.1) is 11.3 Å². The van der Waals surface area contributed by atoms with Crippen molar-refractivity contribution in [3.8, 4) is 28.4 Å². The smallest absolute Gasteiger partial charge is 0.406 e. The van der Waals surface area contributed by atoms with Crippen LogP contribution in [0.4, 0.5) is 22.0 Å². The van der Waals surface area contributed by atoms with E-state index >= 15 is 0 Å². The van der Waals surface area contributed by atoms with Crippen LogP contribution in [0.1, 0.15) is 5.56 Å². The maximum absolute atomic E-state index is 14.1. The third-order valence-electron chi connectivity index (χ3n) is 5.13. The summed E-state index contributed by atoms with van der Waals surface area (Å²) in [4.78, 5) is 11.6. The highest BCUT2D eigenvalue weighted by Crippen LogP contribution is 2.26. The molecule has 5 aromatic rings. The van der Waals surface area contributed by atoms with E-state index in [-0.39, 0.29) is 17.1 Å². The van der Waals surface area contributed by atoms with Crippen molar-refractivity contribution in [3.05, 3.63) is 90.4 Å². The summed E-state index contributed by atoms with van der Waals surface area (Å²) in [5.74, 6) is -2.06. The second-order valence-corrected chi connectivity index (χ2v) is 7.58. The highest BCUT2D eigenvalue weighted by molar-refractivity contribution is 5.77. The van der Waals surface area contributed by atoms with Gasteiger partial charge in [-0.15, -0.1) is 13.2 Å². The molecule has 0 bridgehead atoms. The maximum Gasteiger partial charge on any atom is 0.573 e. The van der Waals surface area contributed by atoms with Crippen molar-refractivity contribution in [3.63, 3.8) is 0 Å². The number of imidazole rings is 1. The fraction of sp³-hybridized carbons (Fsp3) is 0.0833. The molecule has 0 aliphatic rings. The molecule has 0 saturated heterocycles. The number of hydrogen-bond donors (Lipinski definition) is 1. The molecule has 11 heteroatoms. The van der Waals surface area contributed by atoms with Crippen LogP contribution in [-0.2, 0) is 6.54 Å². The largest absolute Gasteiger partial charge is 0.573 e. The van der Waals surface area contributed by atoms with Crippen molar-refractivity contribution >= 4 is 11.0 Å². The lowest BCUT2D eigenvalue weighted by molar-refractivity contribution is -0.745. The molecule has 0 spiro atoms. The van der Waals surface area contributed by atoms with Crippen molar-refractivity contribution in [2.75, 3.05) is 0 Å². The molecule has 0 amide bonds. The molecule has 176 valence electrons. The number of aromatic amines is 1. The summed E-state index contributed by atoms with van der Waals surface area (Å²) in [5, 5.41) is 4.30. The topological polar surface area (TPSA) is 67.6 Å². The molecule has 0 saturated carbocycles. The Morgan fingerprint density at radius 3 is 2.46 bits per heavy atom. The first kappa shape index (κ1) is 22.4. The zero-order valence-electron chi connectivity index (χ0n) is 17.7. The second-order valence-electron chi connectivity index (χ2n) is 7.58. The Morgan fingerprint density at radius 2 is 1.74 bits per heavy atom. The van der Waals surface area contributed by atoms with Gasteiger partial charge in [-0.1, -0.05) is 10.7 Å². The van der Waals surface area contributed by atoms with Gasteiger partial charge in [-0.2, -0.15) is 0 Å². The molecule has 0 aliphatic carbocycles. The Labute approximate surface area is 194 Å². The van der Waals surface area contributed by atoms with E-state index in [2.05, 4.69) is 24.8 Å². The lowest BCUT2D eigenvalue weighted by Crippen LogP contribution is -2.37. The number of nitrogens with zero attached hydrogens (tertiary/aromatic N) is 4. The monoisotopic (exact) mass is 484 g/mol. The van der Waals surface area contributed by atoms with Crippen LogP contribution >= 0.6 is 0 Å². The number of hydrogen-bond acceptors (Lipinski definition) is 4. The highest BCUT2D eigenvalue weighted by Gasteiger charge is 2.31. The van der Waals surface area contributed by atoms with E-state index in [0.717, 1.165) is 11.6 Å². The number of pyridine rings is 1. The van der Waals surface area contributed by atoms with Crippen molar-refractivity contribution in [2.24, 2.45) is 0 Å². The van der Waals surface area contributed by atoms with Crippen LogP contribution in [0.25, 0.3) is 33.7 Å². The summed E-state index contributed by atoms with van der Waals surface area (Å²) < 4.78 is 70.1. The molecule has 0 unspecified atom stereocenters. The van der Waals surface area contributed by atoms with Crippen LogP contribution in [-0.4, -0.2) is 26.4 Å². The molecule has 0 atom stereocenters. The summed E-state index contributed by atoms with van der Waals surface area (Å²) >= 11 is 0. The van der Waals surface area contributed by atoms with E-state index in [1.807, 2.05) is 6.07 Å². The van der Waals surface area contributed by atoms with Gasteiger partial charge < -0.3 is 9.72 Å². The lowest BCUT2D eigenvalue weighted by atomic mass is 10.1. The van der Waals surface area contributed by atoms with E-state index in [1.54, 1.807) is 23.1 Å². The molecule has 1 N–H and O–H groups in total. The van der Waals surface area contributed by atoms with Crippen LogP contribution in [0, 0.1) is 11.6 Å². The van der Waals surface area contributed by atoms with Gasteiger partial charge in [0.25, 0.3) is 0 Å². The predicted octanol–water partition coefficient (Wildman–Crippen LogP) is 5.20. The van der Waals surface area contributed by atoms with Crippen LogP contribution in [0.5, 0.6) is 5.75 Å². The normalized spacial score (nSPS) is 11.7. The first-order valence-corrected chi connectivity index (χ1v) is 10.3. The van der Waals surface area contributed by atoms with Gasteiger partial charge in [0.15, 0.2) is 11.6 Å². The highest BCUT2D eigenvalue weighted by atomic mass is 19.4. The number of fused-ring (bicyclic) bond motifs is 1. The van der Waals surface area contributed by atoms with Gasteiger partial charge in [-0.25, -0.2) is 13.8 Å². The first-order valence-electron chi connectivity index (χ1n) is 10.3. The number of H-pyrrole nitrogens is 1. The standard InChI is InChI=1S/C24H14F5N5O/c25-18-3-1-2-17(22(18)26)23-32-20-11-31-34(13-21(20)33-23)12-14-4-9-19(30-10-14)15-5-7-16(8-6-15)35-24(27,28)29/h1-11,13H,12H2/p+1. The minimum Gasteiger partial charge on any atom is -0.406 e. The predicted molar refractivity (Wildman–Crippen MR) is 115 cm³/mol. The van der Waals surface area contributed by atoms with E-state index in [4.69, 9.17) is 0 Å². The van der Waals surface area contributed by atoms with Crippen molar-refractivity contribution in [2.45, 2.75) is 12.9 Å². The van der Waals surface area contributed by atoms with E-state index < -0.39 is 18.0 Å². The number of rotatable bonds is 5. The number of ether oxygens (including phenoxy) is 1. The van der Waals surface area contributed by atoms with Crippen LogP contribution in [0.15, 0.2) is 73.2 Å². The molecule has 35 heavy (non-hydrogen) atoms. The molecule has 0 aliphatic heterocycles. The lowest BCUT2D eigenvalue weighted by Gasteiger charge is -2.09. The van der Waals surface area contributed by atoms with E-state index in [9.17, 15) is 22.0 Å². The average Bonchev–Trinajstić information content (AvgIpc) is 3.24. The van der Waals surface area contributed by atoms with Gasteiger partial charge in [0, 0.05) is 17.3 Å². The fourth-order valence-electron chi connectivity index (χ4n) is 3.51. The quantitative estimate of drug-likeness (QED) is 0.275. The minimum absolute atomic E-state index is 0.0190. The SMILES string of the molecule is Fc1cccc(-c2nc3cn[n+](Cc4ccc(-c5ccc(OC(F)(F)F)cc5)nc4)cc3[nH]2)c1F. The Bertz CT molecular complexity index is 1500. The summed E-state index contributed by atoms with van der Waals surface area (Å²) in [6.45, 7) is 0.365. The van der Waals surface area contributed by atoms with Gasteiger partial charge in [-0.05, 0) is 53.6 Å². The van der Waals surface area contributed by atoms with Crippen molar-refractivity contribution in [1.29, 1.82) is 0 Å². The molecule has 3 aromatic heterocycles. The molecular formula is C24H15F5N5O+.